The number of carboxylic acids is 1. The smallest absolute Gasteiger partial charge is 0.329 e. The molecular weight excluding hydrogens is 292 g/mol. The van der Waals surface area contributed by atoms with Crippen molar-refractivity contribution >= 4 is 22.8 Å². The molecule has 0 spiro atoms. The predicted molar refractivity (Wildman–Crippen MR) is 88.2 cm³/mol. The molecule has 0 aliphatic heterocycles. The molecule has 1 amide bonds. The van der Waals surface area contributed by atoms with Gasteiger partial charge in [-0.15, -0.1) is 0 Å². The molecule has 0 saturated heterocycles. The highest BCUT2D eigenvalue weighted by Gasteiger charge is 2.48. The average molecular weight is 314 g/mol. The molecule has 1 heterocycles. The van der Waals surface area contributed by atoms with Crippen LogP contribution >= 0.6 is 0 Å². The standard InChI is InChI=1S/C18H22N2O3/c1-3-20-11-12(14-6-4-5-7-15(14)20)10-16(21)19-18(2,17(22)23)13-8-9-13/h4-7,11,13H,3,8-10H2,1-2H3,(H,19,21)(H,22,23)/t18-/m1/s1. The van der Waals surface area contributed by atoms with Gasteiger partial charge in [0.05, 0.1) is 6.42 Å². The normalized spacial score (nSPS) is 17.0. The first-order valence-electron chi connectivity index (χ1n) is 8.07. The van der Waals surface area contributed by atoms with Gasteiger partial charge in [0.2, 0.25) is 5.91 Å². The molecule has 3 rings (SSSR count). The van der Waals surface area contributed by atoms with E-state index in [9.17, 15) is 14.7 Å². The van der Waals surface area contributed by atoms with Crippen molar-refractivity contribution < 1.29 is 14.7 Å². The number of carbonyl (C=O) groups is 2. The molecular formula is C18H22N2O3. The minimum atomic E-state index is -1.15. The summed E-state index contributed by atoms with van der Waals surface area (Å²) in [6.07, 6.45) is 3.90. The van der Waals surface area contributed by atoms with Crippen LogP contribution in [0, 0.1) is 5.92 Å². The van der Waals surface area contributed by atoms with E-state index in [1.54, 1.807) is 6.92 Å². The van der Waals surface area contributed by atoms with Gasteiger partial charge in [-0.25, -0.2) is 4.79 Å². The summed E-state index contributed by atoms with van der Waals surface area (Å²) < 4.78 is 2.11. The molecule has 122 valence electrons. The van der Waals surface area contributed by atoms with Crippen LogP contribution in [0.4, 0.5) is 0 Å². The van der Waals surface area contributed by atoms with E-state index >= 15 is 0 Å². The molecule has 2 aromatic rings. The maximum atomic E-state index is 12.4. The van der Waals surface area contributed by atoms with Crippen LogP contribution in [0.2, 0.25) is 0 Å². The molecule has 23 heavy (non-hydrogen) atoms. The molecule has 1 aliphatic rings. The van der Waals surface area contributed by atoms with Crippen LogP contribution in [0.3, 0.4) is 0 Å². The van der Waals surface area contributed by atoms with Crippen LogP contribution in [-0.4, -0.2) is 27.1 Å². The maximum absolute atomic E-state index is 12.4. The van der Waals surface area contributed by atoms with Crippen molar-refractivity contribution in [1.82, 2.24) is 9.88 Å². The molecule has 0 radical (unpaired) electrons. The number of fused-ring (bicyclic) bond motifs is 1. The van der Waals surface area contributed by atoms with Crippen molar-refractivity contribution in [2.45, 2.75) is 45.2 Å². The zero-order chi connectivity index (χ0) is 16.6. The monoisotopic (exact) mass is 314 g/mol. The fraction of sp³-hybridized carbons (Fsp3) is 0.444. The number of nitrogens with zero attached hydrogens (tertiary/aromatic N) is 1. The maximum Gasteiger partial charge on any atom is 0.329 e. The van der Waals surface area contributed by atoms with Crippen LogP contribution in [0.15, 0.2) is 30.5 Å². The minimum absolute atomic E-state index is 0.0425. The lowest BCUT2D eigenvalue weighted by atomic mass is 9.95. The second-order valence-electron chi connectivity index (χ2n) is 6.46. The van der Waals surface area contributed by atoms with Gasteiger partial charge < -0.3 is 15.0 Å². The lowest BCUT2D eigenvalue weighted by Crippen LogP contribution is -2.54. The first-order chi connectivity index (χ1) is 11.0. The molecule has 5 nitrogen and oxygen atoms in total. The number of hydrogen-bond donors (Lipinski definition) is 2. The van der Waals surface area contributed by atoms with E-state index in [1.807, 2.05) is 30.5 Å². The summed E-state index contributed by atoms with van der Waals surface area (Å²) >= 11 is 0. The summed E-state index contributed by atoms with van der Waals surface area (Å²) in [6.45, 7) is 4.50. The molecule has 1 aromatic heterocycles. The fourth-order valence-electron chi connectivity index (χ4n) is 3.22. The number of hydrogen-bond acceptors (Lipinski definition) is 2. The number of aliphatic carboxylic acids is 1. The summed E-state index contributed by atoms with van der Waals surface area (Å²) in [5.74, 6) is -1.15. The van der Waals surface area contributed by atoms with Gasteiger partial charge in [-0.1, -0.05) is 18.2 Å². The van der Waals surface area contributed by atoms with Crippen LogP contribution in [-0.2, 0) is 22.6 Å². The Morgan fingerprint density at radius 2 is 2.04 bits per heavy atom. The van der Waals surface area contributed by atoms with E-state index in [4.69, 9.17) is 0 Å². The van der Waals surface area contributed by atoms with Gasteiger partial charge in [-0.2, -0.15) is 0 Å². The Morgan fingerprint density at radius 3 is 2.65 bits per heavy atom. The summed E-state index contributed by atoms with van der Waals surface area (Å²) in [7, 11) is 0. The third-order valence-corrected chi connectivity index (χ3v) is 4.80. The Balaban J connectivity index is 1.82. The zero-order valence-electron chi connectivity index (χ0n) is 13.5. The van der Waals surface area contributed by atoms with E-state index in [0.717, 1.165) is 35.9 Å². The van der Waals surface area contributed by atoms with E-state index in [1.165, 1.54) is 0 Å². The van der Waals surface area contributed by atoms with Crippen molar-refractivity contribution in [3.05, 3.63) is 36.0 Å². The lowest BCUT2D eigenvalue weighted by Gasteiger charge is -2.26. The van der Waals surface area contributed by atoms with Crippen molar-refractivity contribution in [2.75, 3.05) is 0 Å². The van der Waals surface area contributed by atoms with E-state index in [2.05, 4.69) is 16.8 Å². The SMILES string of the molecule is CCn1cc(CC(=O)N[C@@](C)(C(=O)O)C2CC2)c2ccccc21. The molecule has 1 aliphatic carbocycles. The first-order valence-corrected chi connectivity index (χ1v) is 8.07. The Hall–Kier alpha value is -2.30. The highest BCUT2D eigenvalue weighted by Crippen LogP contribution is 2.39. The molecule has 1 saturated carbocycles. The molecule has 1 aromatic carbocycles. The molecule has 5 heteroatoms. The molecule has 1 fully saturated rings. The minimum Gasteiger partial charge on any atom is -0.480 e. The van der Waals surface area contributed by atoms with Gasteiger partial charge in [0.15, 0.2) is 0 Å². The zero-order valence-corrected chi connectivity index (χ0v) is 13.5. The van der Waals surface area contributed by atoms with Gasteiger partial charge in [0, 0.05) is 23.6 Å². The molecule has 1 atom stereocenters. The highest BCUT2D eigenvalue weighted by atomic mass is 16.4. The van der Waals surface area contributed by atoms with Crippen LogP contribution < -0.4 is 5.32 Å². The number of benzene rings is 1. The van der Waals surface area contributed by atoms with Crippen LogP contribution in [0.25, 0.3) is 10.9 Å². The number of nitrogens with one attached hydrogen (secondary N) is 1. The number of rotatable bonds is 6. The Kier molecular flexibility index (Phi) is 3.88. The highest BCUT2D eigenvalue weighted by molar-refractivity contribution is 5.92. The second-order valence-corrected chi connectivity index (χ2v) is 6.46. The van der Waals surface area contributed by atoms with Gasteiger partial charge in [0.25, 0.3) is 0 Å². The third-order valence-electron chi connectivity index (χ3n) is 4.80. The molecule has 2 N–H and O–H groups in total. The fourth-order valence-corrected chi connectivity index (χ4v) is 3.22. The van der Waals surface area contributed by atoms with E-state index in [-0.39, 0.29) is 18.2 Å². The van der Waals surface area contributed by atoms with Crippen molar-refractivity contribution in [3.8, 4) is 0 Å². The number of amides is 1. The van der Waals surface area contributed by atoms with Gasteiger partial charge in [0.1, 0.15) is 5.54 Å². The first kappa shape index (κ1) is 15.6. The summed E-state index contributed by atoms with van der Waals surface area (Å²) in [4.78, 5) is 24.0. The van der Waals surface area contributed by atoms with Gasteiger partial charge in [-0.3, -0.25) is 4.79 Å². The van der Waals surface area contributed by atoms with Crippen molar-refractivity contribution in [2.24, 2.45) is 5.92 Å². The van der Waals surface area contributed by atoms with E-state index < -0.39 is 11.5 Å². The molecule has 0 bridgehead atoms. The Labute approximate surface area is 135 Å². The molecule has 0 unspecified atom stereocenters. The Bertz CT molecular complexity index is 761. The summed E-state index contributed by atoms with van der Waals surface area (Å²) in [5, 5.41) is 13.2. The van der Waals surface area contributed by atoms with Crippen LogP contribution in [0.1, 0.15) is 32.3 Å². The number of carboxylic acid groups (broad SMARTS) is 1. The van der Waals surface area contributed by atoms with Crippen LogP contribution in [0.5, 0.6) is 0 Å². The quantitative estimate of drug-likeness (QED) is 0.861. The average Bonchev–Trinajstić information content (AvgIpc) is 3.32. The number of carbonyl (C=O) groups excluding carboxylic acids is 1. The largest absolute Gasteiger partial charge is 0.480 e. The van der Waals surface area contributed by atoms with Crippen molar-refractivity contribution in [3.63, 3.8) is 0 Å². The topological polar surface area (TPSA) is 71.3 Å². The predicted octanol–water partition coefficient (Wildman–Crippen LogP) is 2.57. The van der Waals surface area contributed by atoms with Crippen molar-refractivity contribution in [1.29, 1.82) is 0 Å². The lowest BCUT2D eigenvalue weighted by molar-refractivity contribution is -0.147. The second kappa shape index (κ2) is 5.72. The number of aromatic nitrogens is 1. The number of para-hydroxylation sites is 1. The summed E-state index contributed by atoms with van der Waals surface area (Å²) in [5.41, 5.74) is 0.879. The van der Waals surface area contributed by atoms with E-state index in [0.29, 0.717) is 0 Å². The number of aryl methyl sites for hydroxylation is 1. The third kappa shape index (κ3) is 2.83. The van der Waals surface area contributed by atoms with Gasteiger partial charge >= 0.3 is 5.97 Å². The van der Waals surface area contributed by atoms with Gasteiger partial charge in [-0.05, 0) is 44.2 Å². The summed E-state index contributed by atoms with van der Waals surface area (Å²) in [6, 6.07) is 7.97. The Morgan fingerprint density at radius 1 is 1.35 bits per heavy atom.